The fourth-order valence-corrected chi connectivity index (χ4v) is 1.60. The van der Waals surface area contributed by atoms with Crippen LogP contribution < -0.4 is 15.5 Å². The number of anilines is 1. The highest BCUT2D eigenvalue weighted by atomic mass is 19.3. The number of nitrogens with one attached hydrogen (secondary N) is 2. The van der Waals surface area contributed by atoms with Crippen molar-refractivity contribution < 1.29 is 23.1 Å². The van der Waals surface area contributed by atoms with E-state index in [1.165, 1.54) is 18.2 Å². The summed E-state index contributed by atoms with van der Waals surface area (Å²) in [5.74, 6) is -0.991. The van der Waals surface area contributed by atoms with E-state index in [2.05, 4.69) is 20.6 Å². The molecule has 6 nitrogen and oxygen atoms in total. The molecule has 8 heteroatoms. The van der Waals surface area contributed by atoms with Crippen molar-refractivity contribution in [1.29, 1.82) is 0 Å². The average molecular weight is 283 g/mol. The first-order valence-electron chi connectivity index (χ1n) is 5.77. The molecule has 0 spiro atoms. The molecule has 0 saturated carbocycles. The smallest absolute Gasteiger partial charge is 0.387 e. The molecule has 0 fully saturated rings. The lowest BCUT2D eigenvalue weighted by molar-refractivity contribution is -0.121. The standard InChI is InChI=1S/C12H11F2N3O3/c13-12(14)20-9-4-2-1-3-7(9)15-11(19)8-5-6-10(18)17-16-8/h1-4,12H,5-6H2,(H,15,19)(H,17,18). The van der Waals surface area contributed by atoms with Crippen LogP contribution in [0.1, 0.15) is 12.8 Å². The summed E-state index contributed by atoms with van der Waals surface area (Å²) in [5, 5.41) is 6.03. The van der Waals surface area contributed by atoms with Crippen LogP contribution in [0.2, 0.25) is 0 Å². The number of carbonyl (C=O) groups excluding carboxylic acids is 2. The van der Waals surface area contributed by atoms with Crippen molar-refractivity contribution in [2.75, 3.05) is 5.32 Å². The van der Waals surface area contributed by atoms with Crippen molar-refractivity contribution in [3.05, 3.63) is 24.3 Å². The van der Waals surface area contributed by atoms with E-state index in [9.17, 15) is 18.4 Å². The lowest BCUT2D eigenvalue weighted by Crippen LogP contribution is -2.32. The summed E-state index contributed by atoms with van der Waals surface area (Å²) < 4.78 is 28.8. The van der Waals surface area contributed by atoms with Crippen molar-refractivity contribution in [2.24, 2.45) is 5.10 Å². The quantitative estimate of drug-likeness (QED) is 0.878. The molecule has 1 aliphatic heterocycles. The largest absolute Gasteiger partial charge is 0.433 e. The highest BCUT2D eigenvalue weighted by Gasteiger charge is 2.19. The Morgan fingerprint density at radius 2 is 2.10 bits per heavy atom. The van der Waals surface area contributed by atoms with Gasteiger partial charge >= 0.3 is 6.61 Å². The Morgan fingerprint density at radius 3 is 2.75 bits per heavy atom. The van der Waals surface area contributed by atoms with E-state index in [1.807, 2.05) is 0 Å². The van der Waals surface area contributed by atoms with Crippen molar-refractivity contribution >= 4 is 23.2 Å². The topological polar surface area (TPSA) is 79.8 Å². The van der Waals surface area contributed by atoms with E-state index < -0.39 is 12.5 Å². The number of ether oxygens (including phenoxy) is 1. The van der Waals surface area contributed by atoms with Gasteiger partial charge in [-0.2, -0.15) is 13.9 Å². The maximum atomic E-state index is 12.2. The van der Waals surface area contributed by atoms with Gasteiger partial charge in [-0.05, 0) is 12.1 Å². The van der Waals surface area contributed by atoms with Crippen LogP contribution in [0.3, 0.4) is 0 Å². The van der Waals surface area contributed by atoms with Crippen LogP contribution in [0.5, 0.6) is 5.75 Å². The lowest BCUT2D eigenvalue weighted by Gasteiger charge is -2.14. The molecule has 0 aliphatic carbocycles. The minimum Gasteiger partial charge on any atom is -0.433 e. The van der Waals surface area contributed by atoms with Gasteiger partial charge in [-0.3, -0.25) is 9.59 Å². The van der Waals surface area contributed by atoms with Gasteiger partial charge in [0.25, 0.3) is 5.91 Å². The van der Waals surface area contributed by atoms with Gasteiger partial charge in [0.1, 0.15) is 11.5 Å². The molecule has 0 bridgehead atoms. The molecule has 0 radical (unpaired) electrons. The van der Waals surface area contributed by atoms with E-state index in [4.69, 9.17) is 0 Å². The summed E-state index contributed by atoms with van der Waals surface area (Å²) in [6, 6.07) is 5.81. The third-order valence-electron chi connectivity index (χ3n) is 2.52. The summed E-state index contributed by atoms with van der Waals surface area (Å²) in [6.07, 6.45) is 0.344. The Morgan fingerprint density at radius 1 is 1.35 bits per heavy atom. The Kier molecular flexibility index (Phi) is 4.24. The second-order valence-corrected chi connectivity index (χ2v) is 3.92. The van der Waals surface area contributed by atoms with Crippen LogP contribution in [0.4, 0.5) is 14.5 Å². The molecule has 0 unspecified atom stereocenters. The van der Waals surface area contributed by atoms with Crippen molar-refractivity contribution in [2.45, 2.75) is 19.5 Å². The molecular formula is C12H11F2N3O3. The summed E-state index contributed by atoms with van der Waals surface area (Å²) in [5.41, 5.74) is 2.41. The van der Waals surface area contributed by atoms with Gasteiger partial charge in [-0.1, -0.05) is 12.1 Å². The second-order valence-electron chi connectivity index (χ2n) is 3.92. The van der Waals surface area contributed by atoms with E-state index >= 15 is 0 Å². The van der Waals surface area contributed by atoms with E-state index in [0.717, 1.165) is 0 Å². The number of alkyl halides is 2. The Bertz CT molecular complexity index is 561. The summed E-state index contributed by atoms with van der Waals surface area (Å²) in [4.78, 5) is 22.8. The monoisotopic (exact) mass is 283 g/mol. The van der Waals surface area contributed by atoms with Gasteiger partial charge in [-0.25, -0.2) is 5.43 Å². The van der Waals surface area contributed by atoms with Crippen LogP contribution >= 0.6 is 0 Å². The van der Waals surface area contributed by atoms with E-state index in [1.54, 1.807) is 6.07 Å². The summed E-state index contributed by atoms with van der Waals surface area (Å²) in [6.45, 7) is -2.99. The minimum absolute atomic E-state index is 0.109. The predicted molar refractivity (Wildman–Crippen MR) is 66.5 cm³/mol. The second kappa shape index (κ2) is 6.09. The molecular weight excluding hydrogens is 272 g/mol. The average Bonchev–Trinajstić information content (AvgIpc) is 2.41. The Balaban J connectivity index is 2.10. The number of halogens is 2. The van der Waals surface area contributed by atoms with E-state index in [0.29, 0.717) is 0 Å². The lowest BCUT2D eigenvalue weighted by atomic mass is 10.1. The fourth-order valence-electron chi connectivity index (χ4n) is 1.60. The zero-order valence-electron chi connectivity index (χ0n) is 10.2. The molecule has 1 heterocycles. The Hall–Kier alpha value is -2.51. The molecule has 0 atom stereocenters. The highest BCUT2D eigenvalue weighted by molar-refractivity contribution is 6.43. The first-order valence-corrected chi connectivity index (χ1v) is 5.77. The molecule has 1 aromatic rings. The molecule has 2 rings (SSSR count). The fraction of sp³-hybridized carbons (Fsp3) is 0.250. The normalized spacial score (nSPS) is 14.6. The first-order chi connectivity index (χ1) is 9.56. The van der Waals surface area contributed by atoms with Crippen molar-refractivity contribution in [3.63, 3.8) is 0 Å². The minimum atomic E-state index is -2.99. The third kappa shape index (κ3) is 3.50. The molecule has 0 saturated heterocycles. The molecule has 106 valence electrons. The third-order valence-corrected chi connectivity index (χ3v) is 2.52. The molecule has 0 aromatic heterocycles. The number of benzene rings is 1. The zero-order valence-corrected chi connectivity index (χ0v) is 10.2. The number of hydrogen-bond donors (Lipinski definition) is 2. The van der Waals surface area contributed by atoms with Crippen molar-refractivity contribution in [3.8, 4) is 5.75 Å². The van der Waals surface area contributed by atoms with Crippen LogP contribution in [0, 0.1) is 0 Å². The van der Waals surface area contributed by atoms with Crippen molar-refractivity contribution in [1.82, 2.24) is 5.43 Å². The maximum Gasteiger partial charge on any atom is 0.387 e. The highest BCUT2D eigenvalue weighted by Crippen LogP contribution is 2.25. The predicted octanol–water partition coefficient (Wildman–Crippen LogP) is 1.49. The van der Waals surface area contributed by atoms with Gasteiger partial charge in [0.05, 0.1) is 5.69 Å². The van der Waals surface area contributed by atoms with Crippen LogP contribution in [-0.2, 0) is 9.59 Å². The molecule has 2 amide bonds. The maximum absolute atomic E-state index is 12.2. The number of rotatable bonds is 4. The summed E-state index contributed by atoms with van der Waals surface area (Å²) >= 11 is 0. The number of amides is 2. The van der Waals surface area contributed by atoms with Gasteiger partial charge in [0.2, 0.25) is 5.91 Å². The number of hydrazone groups is 1. The van der Waals surface area contributed by atoms with Crippen LogP contribution in [0.25, 0.3) is 0 Å². The molecule has 1 aromatic carbocycles. The van der Waals surface area contributed by atoms with E-state index in [-0.39, 0.29) is 35.9 Å². The van der Waals surface area contributed by atoms with Gasteiger partial charge in [0.15, 0.2) is 0 Å². The molecule has 1 aliphatic rings. The summed E-state index contributed by atoms with van der Waals surface area (Å²) in [7, 11) is 0. The SMILES string of the molecule is O=C1CCC(C(=O)Nc2ccccc2OC(F)F)=NN1. The molecule has 2 N–H and O–H groups in total. The number of para-hydroxylation sites is 2. The van der Waals surface area contributed by atoms with Gasteiger partial charge < -0.3 is 10.1 Å². The Labute approximate surface area is 112 Å². The van der Waals surface area contributed by atoms with Crippen LogP contribution in [0.15, 0.2) is 29.4 Å². The number of carbonyl (C=O) groups is 2. The first kappa shape index (κ1) is 13.9. The molecule has 20 heavy (non-hydrogen) atoms. The zero-order chi connectivity index (χ0) is 14.5. The van der Waals surface area contributed by atoms with Gasteiger partial charge in [-0.15, -0.1) is 0 Å². The number of nitrogens with zero attached hydrogens (tertiary/aromatic N) is 1. The number of hydrogen-bond acceptors (Lipinski definition) is 4. The van der Waals surface area contributed by atoms with Crippen LogP contribution in [-0.4, -0.2) is 24.1 Å². The van der Waals surface area contributed by atoms with Gasteiger partial charge in [0, 0.05) is 12.8 Å².